The van der Waals surface area contributed by atoms with Gasteiger partial charge in [-0.05, 0) is 18.9 Å². The Labute approximate surface area is 106 Å². The SMILES string of the molecule is CCOC(=O)C1=CC2C(=CC=CC2C)N=C1Cl. The van der Waals surface area contributed by atoms with E-state index in [1.54, 1.807) is 6.92 Å². The van der Waals surface area contributed by atoms with Gasteiger partial charge in [-0.2, -0.15) is 0 Å². The molecule has 2 atom stereocenters. The standard InChI is InChI=1S/C13H14ClNO2/c1-3-17-13(16)10-7-9-8(2)5-4-6-11(9)15-12(10)14/h4-9H,3H2,1-2H3. The summed E-state index contributed by atoms with van der Waals surface area (Å²) in [6.45, 7) is 4.19. The van der Waals surface area contributed by atoms with Crippen LogP contribution in [0, 0.1) is 11.8 Å². The van der Waals surface area contributed by atoms with E-state index in [1.807, 2.05) is 18.2 Å². The van der Waals surface area contributed by atoms with E-state index in [4.69, 9.17) is 16.3 Å². The van der Waals surface area contributed by atoms with Crippen LogP contribution in [0.3, 0.4) is 0 Å². The van der Waals surface area contributed by atoms with Crippen molar-refractivity contribution < 1.29 is 9.53 Å². The van der Waals surface area contributed by atoms with Gasteiger partial charge in [-0.25, -0.2) is 9.79 Å². The van der Waals surface area contributed by atoms with Crippen molar-refractivity contribution in [3.05, 3.63) is 35.6 Å². The molecule has 1 aliphatic carbocycles. The number of halogens is 1. The Kier molecular flexibility index (Phi) is 3.48. The molecule has 2 unspecified atom stereocenters. The van der Waals surface area contributed by atoms with Crippen LogP contribution in [0.15, 0.2) is 40.6 Å². The zero-order valence-electron chi connectivity index (χ0n) is 9.81. The van der Waals surface area contributed by atoms with Gasteiger partial charge < -0.3 is 4.74 Å². The second kappa shape index (κ2) is 4.88. The summed E-state index contributed by atoms with van der Waals surface area (Å²) >= 11 is 6.00. The average molecular weight is 252 g/mol. The molecule has 90 valence electrons. The minimum atomic E-state index is -0.401. The lowest BCUT2D eigenvalue weighted by Gasteiger charge is -2.25. The zero-order valence-corrected chi connectivity index (χ0v) is 10.6. The summed E-state index contributed by atoms with van der Waals surface area (Å²) in [6, 6.07) is 0. The normalized spacial score (nSPS) is 26.6. The lowest BCUT2D eigenvalue weighted by molar-refractivity contribution is -0.137. The number of hydrogen-bond donors (Lipinski definition) is 0. The zero-order chi connectivity index (χ0) is 12.4. The van der Waals surface area contributed by atoms with Crippen molar-refractivity contribution in [1.82, 2.24) is 0 Å². The smallest absolute Gasteiger partial charge is 0.340 e. The van der Waals surface area contributed by atoms with Crippen LogP contribution < -0.4 is 0 Å². The Hall–Kier alpha value is -1.35. The first kappa shape index (κ1) is 12.1. The highest BCUT2D eigenvalue weighted by atomic mass is 35.5. The molecule has 4 heteroatoms. The molecular weight excluding hydrogens is 238 g/mol. The monoisotopic (exact) mass is 251 g/mol. The Morgan fingerprint density at radius 3 is 3.06 bits per heavy atom. The van der Waals surface area contributed by atoms with Crippen LogP contribution in [0.5, 0.6) is 0 Å². The van der Waals surface area contributed by atoms with Gasteiger partial charge >= 0.3 is 5.97 Å². The molecule has 3 nitrogen and oxygen atoms in total. The molecule has 0 aromatic rings. The first-order valence-corrected chi connectivity index (χ1v) is 6.03. The van der Waals surface area contributed by atoms with Crippen LogP contribution in [-0.4, -0.2) is 17.7 Å². The number of esters is 1. The predicted octanol–water partition coefficient (Wildman–Crippen LogP) is 2.83. The molecular formula is C13H14ClNO2. The molecule has 2 aliphatic rings. The fourth-order valence-electron chi connectivity index (χ4n) is 1.96. The van der Waals surface area contributed by atoms with Crippen molar-refractivity contribution in [2.24, 2.45) is 16.8 Å². The molecule has 0 saturated heterocycles. The largest absolute Gasteiger partial charge is 0.462 e. The summed E-state index contributed by atoms with van der Waals surface area (Å²) in [5, 5.41) is 0.216. The van der Waals surface area contributed by atoms with E-state index in [-0.39, 0.29) is 11.1 Å². The van der Waals surface area contributed by atoms with E-state index in [9.17, 15) is 4.79 Å². The molecule has 2 rings (SSSR count). The average Bonchev–Trinajstić information content (AvgIpc) is 2.29. The third kappa shape index (κ3) is 2.34. The summed E-state index contributed by atoms with van der Waals surface area (Å²) in [6.07, 6.45) is 7.83. The van der Waals surface area contributed by atoms with E-state index in [2.05, 4.69) is 18.0 Å². The van der Waals surface area contributed by atoms with Gasteiger partial charge in [0.25, 0.3) is 0 Å². The molecule has 0 spiro atoms. The van der Waals surface area contributed by atoms with Gasteiger partial charge in [0, 0.05) is 11.6 Å². The number of allylic oxidation sites excluding steroid dienone is 4. The number of ether oxygens (including phenoxy) is 1. The molecule has 1 aliphatic heterocycles. The minimum absolute atomic E-state index is 0.113. The van der Waals surface area contributed by atoms with Crippen LogP contribution in [0.1, 0.15) is 13.8 Å². The van der Waals surface area contributed by atoms with Crippen molar-refractivity contribution in [1.29, 1.82) is 0 Å². The molecule has 0 saturated carbocycles. The van der Waals surface area contributed by atoms with Crippen molar-refractivity contribution in [2.45, 2.75) is 13.8 Å². The molecule has 0 fully saturated rings. The summed E-state index contributed by atoms with van der Waals surface area (Å²) in [5.74, 6) is 0.0249. The molecule has 1 heterocycles. The molecule has 17 heavy (non-hydrogen) atoms. The summed E-state index contributed by atoms with van der Waals surface area (Å²) < 4.78 is 4.96. The summed E-state index contributed by atoms with van der Waals surface area (Å²) in [4.78, 5) is 16.0. The van der Waals surface area contributed by atoms with Gasteiger partial charge in [0.05, 0.1) is 12.2 Å². The second-order valence-electron chi connectivity index (χ2n) is 4.06. The topological polar surface area (TPSA) is 38.7 Å². The van der Waals surface area contributed by atoms with E-state index < -0.39 is 5.97 Å². The Morgan fingerprint density at radius 2 is 2.35 bits per heavy atom. The molecule has 0 radical (unpaired) electrons. The Bertz CT molecular complexity index is 460. The van der Waals surface area contributed by atoms with E-state index in [0.29, 0.717) is 18.1 Å². The fraction of sp³-hybridized carbons (Fsp3) is 0.385. The van der Waals surface area contributed by atoms with Crippen molar-refractivity contribution in [3.8, 4) is 0 Å². The first-order chi connectivity index (χ1) is 8.13. The van der Waals surface area contributed by atoms with Gasteiger partial charge in [-0.3, -0.25) is 0 Å². The first-order valence-electron chi connectivity index (χ1n) is 5.65. The summed E-state index contributed by atoms with van der Waals surface area (Å²) in [5.41, 5.74) is 1.27. The maximum Gasteiger partial charge on any atom is 0.340 e. The fourth-order valence-corrected chi connectivity index (χ4v) is 2.20. The van der Waals surface area contributed by atoms with Crippen LogP contribution >= 0.6 is 11.6 Å². The van der Waals surface area contributed by atoms with Crippen LogP contribution in [-0.2, 0) is 9.53 Å². The van der Waals surface area contributed by atoms with Crippen LogP contribution in [0.25, 0.3) is 0 Å². The van der Waals surface area contributed by atoms with Gasteiger partial charge in [-0.15, -0.1) is 0 Å². The van der Waals surface area contributed by atoms with E-state index in [0.717, 1.165) is 5.70 Å². The van der Waals surface area contributed by atoms with E-state index in [1.165, 1.54) is 0 Å². The highest BCUT2D eigenvalue weighted by molar-refractivity contribution is 6.72. The number of fused-ring (bicyclic) bond motifs is 1. The van der Waals surface area contributed by atoms with Gasteiger partial charge in [-0.1, -0.05) is 36.8 Å². The van der Waals surface area contributed by atoms with Gasteiger partial charge in [0.2, 0.25) is 0 Å². The molecule has 0 amide bonds. The van der Waals surface area contributed by atoms with Crippen molar-refractivity contribution in [3.63, 3.8) is 0 Å². The van der Waals surface area contributed by atoms with Crippen molar-refractivity contribution in [2.75, 3.05) is 6.61 Å². The van der Waals surface area contributed by atoms with E-state index >= 15 is 0 Å². The van der Waals surface area contributed by atoms with Crippen LogP contribution in [0.4, 0.5) is 0 Å². The van der Waals surface area contributed by atoms with Crippen LogP contribution in [0.2, 0.25) is 0 Å². The van der Waals surface area contributed by atoms with Crippen molar-refractivity contribution >= 4 is 22.7 Å². The minimum Gasteiger partial charge on any atom is -0.462 e. The Morgan fingerprint density at radius 1 is 1.59 bits per heavy atom. The second-order valence-corrected chi connectivity index (χ2v) is 4.42. The summed E-state index contributed by atoms with van der Waals surface area (Å²) in [7, 11) is 0. The Balaban J connectivity index is 2.31. The lowest BCUT2D eigenvalue weighted by atomic mass is 9.84. The number of aliphatic imine (C=N–C) groups is 1. The number of hydrogen-bond acceptors (Lipinski definition) is 3. The highest BCUT2D eigenvalue weighted by Crippen LogP contribution is 2.33. The predicted molar refractivity (Wildman–Crippen MR) is 67.9 cm³/mol. The number of dihydropyridines is 1. The highest BCUT2D eigenvalue weighted by Gasteiger charge is 2.28. The van der Waals surface area contributed by atoms with Gasteiger partial charge in [0.1, 0.15) is 5.17 Å². The molecule has 0 aromatic carbocycles. The molecule has 0 bridgehead atoms. The number of rotatable bonds is 2. The third-order valence-corrected chi connectivity index (χ3v) is 3.17. The maximum atomic E-state index is 11.7. The number of carbonyl (C=O) groups excluding carboxylic acids is 1. The maximum absolute atomic E-state index is 11.7. The third-order valence-electron chi connectivity index (χ3n) is 2.88. The number of nitrogens with zero attached hydrogens (tertiary/aromatic N) is 1. The van der Waals surface area contributed by atoms with Gasteiger partial charge in [0.15, 0.2) is 0 Å². The molecule has 0 aromatic heterocycles. The lowest BCUT2D eigenvalue weighted by Crippen LogP contribution is -2.22. The quantitative estimate of drug-likeness (QED) is 0.708. The molecule has 0 N–H and O–H groups in total. The number of carbonyl (C=O) groups is 1.